The summed E-state index contributed by atoms with van der Waals surface area (Å²) in [6.45, 7) is 6.23. The third kappa shape index (κ3) is 3.27. The van der Waals surface area contributed by atoms with Crippen molar-refractivity contribution in [2.45, 2.75) is 27.2 Å². The van der Waals surface area contributed by atoms with E-state index in [-0.39, 0.29) is 5.91 Å². The second-order valence-electron chi connectivity index (χ2n) is 6.04. The van der Waals surface area contributed by atoms with Gasteiger partial charge in [0.15, 0.2) is 4.80 Å². The number of nitrogens with zero attached hydrogens (tertiary/aromatic N) is 2. The van der Waals surface area contributed by atoms with E-state index in [0.29, 0.717) is 6.42 Å². The molecule has 0 radical (unpaired) electrons. The highest BCUT2D eigenvalue weighted by Crippen LogP contribution is 2.22. The van der Waals surface area contributed by atoms with Gasteiger partial charge in [0.05, 0.1) is 16.6 Å². The molecule has 0 aliphatic rings. The van der Waals surface area contributed by atoms with Crippen molar-refractivity contribution in [1.29, 1.82) is 0 Å². The zero-order valence-electron chi connectivity index (χ0n) is 13.9. The van der Waals surface area contributed by atoms with Crippen molar-refractivity contribution >= 4 is 27.5 Å². The van der Waals surface area contributed by atoms with E-state index < -0.39 is 0 Å². The van der Waals surface area contributed by atoms with Crippen molar-refractivity contribution in [1.82, 2.24) is 4.57 Å². The predicted molar refractivity (Wildman–Crippen MR) is 95.7 cm³/mol. The van der Waals surface area contributed by atoms with E-state index in [1.54, 1.807) is 11.3 Å². The number of aryl methyl sites for hydroxylation is 4. The van der Waals surface area contributed by atoms with Gasteiger partial charge in [0.2, 0.25) is 0 Å². The molecule has 0 aliphatic heterocycles. The fourth-order valence-corrected chi connectivity index (χ4v) is 3.79. The van der Waals surface area contributed by atoms with Crippen LogP contribution in [0.4, 0.5) is 0 Å². The molecule has 4 heteroatoms. The molecule has 1 aromatic heterocycles. The fraction of sp³-hybridized carbons (Fsp3) is 0.263. The largest absolute Gasteiger partial charge is 0.319 e. The van der Waals surface area contributed by atoms with Gasteiger partial charge in [-0.2, -0.15) is 4.99 Å². The lowest BCUT2D eigenvalue weighted by Crippen LogP contribution is -2.14. The molecule has 0 spiro atoms. The van der Waals surface area contributed by atoms with Crippen LogP contribution >= 0.6 is 11.3 Å². The van der Waals surface area contributed by atoms with Crippen molar-refractivity contribution in [3.63, 3.8) is 0 Å². The first kappa shape index (κ1) is 15.7. The number of rotatable bonds is 2. The average Bonchev–Trinajstić information content (AvgIpc) is 2.79. The maximum Gasteiger partial charge on any atom is 0.252 e. The van der Waals surface area contributed by atoms with Gasteiger partial charge in [0.1, 0.15) is 0 Å². The topological polar surface area (TPSA) is 34.4 Å². The maximum absolute atomic E-state index is 12.3. The van der Waals surface area contributed by atoms with Crippen LogP contribution in [-0.2, 0) is 18.3 Å². The van der Waals surface area contributed by atoms with E-state index in [4.69, 9.17) is 0 Å². The summed E-state index contributed by atoms with van der Waals surface area (Å²) in [4.78, 5) is 17.4. The van der Waals surface area contributed by atoms with E-state index in [1.165, 1.54) is 21.4 Å². The normalized spacial score (nSPS) is 12.1. The highest BCUT2D eigenvalue weighted by Gasteiger charge is 2.08. The van der Waals surface area contributed by atoms with Crippen LogP contribution in [0.3, 0.4) is 0 Å². The second-order valence-corrected chi connectivity index (χ2v) is 7.02. The Morgan fingerprint density at radius 3 is 2.48 bits per heavy atom. The Labute approximate surface area is 139 Å². The van der Waals surface area contributed by atoms with Crippen molar-refractivity contribution in [3.8, 4) is 0 Å². The number of thiazole rings is 1. The lowest BCUT2D eigenvalue weighted by Gasteiger charge is -2.00. The summed E-state index contributed by atoms with van der Waals surface area (Å²) >= 11 is 1.58. The highest BCUT2D eigenvalue weighted by atomic mass is 32.1. The Balaban J connectivity index is 1.97. The molecule has 3 aromatic rings. The summed E-state index contributed by atoms with van der Waals surface area (Å²) in [5.41, 5.74) is 5.78. The summed E-state index contributed by atoms with van der Waals surface area (Å²) < 4.78 is 3.20. The van der Waals surface area contributed by atoms with Gasteiger partial charge < -0.3 is 4.57 Å². The summed E-state index contributed by atoms with van der Waals surface area (Å²) in [6.07, 6.45) is 0.340. The van der Waals surface area contributed by atoms with Gasteiger partial charge in [-0.3, -0.25) is 4.79 Å². The zero-order chi connectivity index (χ0) is 16.6. The molecule has 0 N–H and O–H groups in total. The van der Waals surface area contributed by atoms with Gasteiger partial charge in [0.25, 0.3) is 5.91 Å². The van der Waals surface area contributed by atoms with Crippen LogP contribution in [0.2, 0.25) is 0 Å². The minimum Gasteiger partial charge on any atom is -0.319 e. The number of amides is 1. The SMILES string of the molecule is Cc1ccc(CC(=O)N=c2sc3c(C)cc(C)cc3n2C)cc1. The number of aromatic nitrogens is 1. The Bertz CT molecular complexity index is 946. The summed E-state index contributed by atoms with van der Waals surface area (Å²) in [7, 11) is 1.97. The monoisotopic (exact) mass is 324 g/mol. The minimum atomic E-state index is -0.106. The molecule has 0 fully saturated rings. The number of benzene rings is 2. The zero-order valence-corrected chi connectivity index (χ0v) is 14.7. The standard InChI is InChI=1S/C19H20N2OS/c1-12-5-7-15(8-6-12)11-17(22)20-19-21(4)16-10-13(2)9-14(3)18(16)23-19/h5-10H,11H2,1-4H3. The number of hydrogen-bond donors (Lipinski definition) is 0. The first-order valence-electron chi connectivity index (χ1n) is 7.64. The number of hydrogen-bond acceptors (Lipinski definition) is 2. The Morgan fingerprint density at radius 1 is 1.09 bits per heavy atom. The third-order valence-electron chi connectivity index (χ3n) is 3.94. The summed E-state index contributed by atoms with van der Waals surface area (Å²) in [5, 5.41) is 0. The molecular formula is C19H20N2OS. The second kappa shape index (κ2) is 6.13. The van der Waals surface area contributed by atoms with Crippen molar-refractivity contribution < 1.29 is 4.79 Å². The molecule has 118 valence electrons. The van der Waals surface area contributed by atoms with Crippen molar-refractivity contribution in [3.05, 3.63) is 63.5 Å². The van der Waals surface area contributed by atoms with Crippen LogP contribution in [0.1, 0.15) is 22.3 Å². The van der Waals surface area contributed by atoms with Gasteiger partial charge in [-0.05, 0) is 43.5 Å². The first-order chi connectivity index (χ1) is 10.9. The highest BCUT2D eigenvalue weighted by molar-refractivity contribution is 7.16. The van der Waals surface area contributed by atoms with Crippen LogP contribution in [0.5, 0.6) is 0 Å². The van der Waals surface area contributed by atoms with Crippen LogP contribution in [0, 0.1) is 20.8 Å². The van der Waals surface area contributed by atoms with Crippen LogP contribution < -0.4 is 4.80 Å². The van der Waals surface area contributed by atoms with Gasteiger partial charge in [-0.1, -0.05) is 47.2 Å². The van der Waals surface area contributed by atoms with Crippen molar-refractivity contribution in [2.75, 3.05) is 0 Å². The van der Waals surface area contributed by atoms with Gasteiger partial charge >= 0.3 is 0 Å². The van der Waals surface area contributed by atoms with Crippen LogP contribution in [0.25, 0.3) is 10.2 Å². The van der Waals surface area contributed by atoms with Crippen LogP contribution in [0.15, 0.2) is 41.4 Å². The predicted octanol–water partition coefficient (Wildman–Crippen LogP) is 3.84. The molecule has 0 atom stereocenters. The summed E-state index contributed by atoms with van der Waals surface area (Å²) in [5.74, 6) is -0.106. The van der Waals surface area contributed by atoms with E-state index in [2.05, 4.69) is 31.0 Å². The summed E-state index contributed by atoms with van der Waals surface area (Å²) in [6, 6.07) is 12.3. The molecule has 1 heterocycles. The quantitative estimate of drug-likeness (QED) is 0.705. The van der Waals surface area contributed by atoms with Crippen LogP contribution in [-0.4, -0.2) is 10.5 Å². The molecule has 2 aromatic carbocycles. The van der Waals surface area contributed by atoms with Gasteiger partial charge in [-0.15, -0.1) is 0 Å². The lowest BCUT2D eigenvalue weighted by atomic mass is 10.1. The number of carbonyl (C=O) groups excluding carboxylic acids is 1. The Hall–Kier alpha value is -2.20. The molecule has 0 saturated heterocycles. The van der Waals surface area contributed by atoms with E-state index in [0.717, 1.165) is 15.9 Å². The fourth-order valence-electron chi connectivity index (χ4n) is 2.70. The molecule has 0 bridgehead atoms. The maximum atomic E-state index is 12.3. The van der Waals surface area contributed by atoms with Crippen molar-refractivity contribution in [2.24, 2.45) is 12.0 Å². The van der Waals surface area contributed by atoms with Gasteiger partial charge in [0, 0.05) is 7.05 Å². The molecule has 23 heavy (non-hydrogen) atoms. The Kier molecular flexibility index (Phi) is 4.18. The average molecular weight is 324 g/mol. The molecule has 1 amide bonds. The number of carbonyl (C=O) groups is 1. The first-order valence-corrected chi connectivity index (χ1v) is 8.45. The van der Waals surface area contributed by atoms with Gasteiger partial charge in [-0.25, -0.2) is 0 Å². The molecule has 0 saturated carbocycles. The van der Waals surface area contributed by atoms with E-state index >= 15 is 0 Å². The third-order valence-corrected chi connectivity index (χ3v) is 5.22. The molecule has 3 rings (SSSR count). The lowest BCUT2D eigenvalue weighted by molar-refractivity contribution is -0.117. The molecule has 3 nitrogen and oxygen atoms in total. The molecule has 0 unspecified atom stereocenters. The number of fused-ring (bicyclic) bond motifs is 1. The van der Waals surface area contributed by atoms with E-state index in [9.17, 15) is 4.79 Å². The Morgan fingerprint density at radius 2 is 1.78 bits per heavy atom. The smallest absolute Gasteiger partial charge is 0.252 e. The molecule has 0 aliphatic carbocycles. The minimum absolute atomic E-state index is 0.106. The molecular weight excluding hydrogens is 304 g/mol. The van der Waals surface area contributed by atoms with E-state index in [1.807, 2.05) is 42.8 Å².